The van der Waals surface area contributed by atoms with Crippen LogP contribution in [0.25, 0.3) is 0 Å². The van der Waals surface area contributed by atoms with E-state index in [-0.39, 0.29) is 24.4 Å². The highest BCUT2D eigenvalue weighted by Gasteiger charge is 2.36. The minimum Gasteiger partial charge on any atom is -0.368 e. The molecular weight excluding hydrogens is 404 g/mol. The molecule has 0 spiro atoms. The van der Waals surface area contributed by atoms with E-state index < -0.39 is 0 Å². The van der Waals surface area contributed by atoms with Crippen LogP contribution in [0.3, 0.4) is 0 Å². The Labute approximate surface area is 181 Å². The fourth-order valence-corrected chi connectivity index (χ4v) is 4.34. The summed E-state index contributed by atoms with van der Waals surface area (Å²) in [5, 5.41) is 8.77. The molecule has 3 heterocycles. The van der Waals surface area contributed by atoms with Crippen molar-refractivity contribution in [3.63, 3.8) is 0 Å². The van der Waals surface area contributed by atoms with E-state index in [1.54, 1.807) is 15.8 Å². The zero-order valence-corrected chi connectivity index (χ0v) is 18.1. The molecule has 1 saturated heterocycles. The molecule has 1 atom stereocenters. The van der Waals surface area contributed by atoms with Gasteiger partial charge in [0, 0.05) is 36.9 Å². The molecule has 2 amide bonds. The van der Waals surface area contributed by atoms with Crippen molar-refractivity contribution in [1.29, 1.82) is 0 Å². The van der Waals surface area contributed by atoms with Gasteiger partial charge in [-0.15, -0.1) is 5.10 Å². The molecule has 8 nitrogen and oxygen atoms in total. The van der Waals surface area contributed by atoms with Crippen LogP contribution in [-0.2, 0) is 16.1 Å². The Balaban J connectivity index is 1.38. The number of halogens is 1. The topological polar surface area (TPSA) is 74.6 Å². The summed E-state index contributed by atoms with van der Waals surface area (Å²) in [4.78, 5) is 31.7. The van der Waals surface area contributed by atoms with Gasteiger partial charge in [0.15, 0.2) is 0 Å². The van der Waals surface area contributed by atoms with Crippen molar-refractivity contribution >= 4 is 29.1 Å². The van der Waals surface area contributed by atoms with Crippen molar-refractivity contribution in [2.45, 2.75) is 32.9 Å². The van der Waals surface area contributed by atoms with E-state index in [2.05, 4.69) is 29.1 Å². The lowest BCUT2D eigenvalue weighted by molar-refractivity contribution is -0.145. The third kappa shape index (κ3) is 4.28. The summed E-state index contributed by atoms with van der Waals surface area (Å²) in [6.07, 6.45) is 2.36. The van der Waals surface area contributed by atoms with E-state index in [1.165, 1.54) is 0 Å². The van der Waals surface area contributed by atoms with Gasteiger partial charge in [-0.25, -0.2) is 4.68 Å². The Bertz CT molecular complexity index is 922. The first-order valence-corrected chi connectivity index (χ1v) is 10.8. The standard InChI is InChI=1S/C21H27ClN6O2/c1-15(2)10-19-21(30)27(13-18-12-23-24-28(18)19)14-20(29)26-8-6-25(7-9-26)17-5-3-4-16(22)11-17/h3-5,11-12,15,19H,6-10,13-14H2,1-2H3/t19-/m0/s1. The molecule has 2 aliphatic rings. The molecule has 30 heavy (non-hydrogen) atoms. The van der Waals surface area contributed by atoms with Gasteiger partial charge in [-0.3, -0.25) is 9.59 Å². The molecule has 0 saturated carbocycles. The minimum absolute atomic E-state index is 0.0154. The lowest BCUT2D eigenvalue weighted by atomic mass is 10.0. The number of hydrogen-bond acceptors (Lipinski definition) is 5. The summed E-state index contributed by atoms with van der Waals surface area (Å²) < 4.78 is 1.72. The molecule has 1 aromatic carbocycles. The molecule has 160 valence electrons. The van der Waals surface area contributed by atoms with Crippen LogP contribution in [0, 0.1) is 5.92 Å². The molecule has 0 radical (unpaired) electrons. The number of piperazine rings is 1. The van der Waals surface area contributed by atoms with Crippen LogP contribution in [0.15, 0.2) is 30.5 Å². The quantitative estimate of drug-likeness (QED) is 0.727. The molecule has 2 aliphatic heterocycles. The maximum absolute atomic E-state index is 13.1. The number of nitrogens with zero attached hydrogens (tertiary/aromatic N) is 6. The van der Waals surface area contributed by atoms with Gasteiger partial charge in [0.2, 0.25) is 11.8 Å². The first kappa shape index (κ1) is 20.7. The van der Waals surface area contributed by atoms with Crippen molar-refractivity contribution in [1.82, 2.24) is 24.8 Å². The molecule has 9 heteroatoms. The largest absolute Gasteiger partial charge is 0.368 e. The highest BCUT2D eigenvalue weighted by molar-refractivity contribution is 6.30. The summed E-state index contributed by atoms with van der Waals surface area (Å²) in [6, 6.07) is 7.38. The number of aromatic nitrogens is 3. The predicted molar refractivity (Wildman–Crippen MR) is 114 cm³/mol. The summed E-state index contributed by atoms with van der Waals surface area (Å²) in [5.41, 5.74) is 1.94. The number of anilines is 1. The number of rotatable bonds is 5. The molecule has 0 N–H and O–H groups in total. The van der Waals surface area contributed by atoms with Crippen molar-refractivity contribution in [3.8, 4) is 0 Å². The van der Waals surface area contributed by atoms with Gasteiger partial charge in [-0.2, -0.15) is 0 Å². The Morgan fingerprint density at radius 1 is 1.23 bits per heavy atom. The molecule has 0 unspecified atom stereocenters. The van der Waals surface area contributed by atoms with E-state index in [9.17, 15) is 9.59 Å². The highest BCUT2D eigenvalue weighted by Crippen LogP contribution is 2.27. The van der Waals surface area contributed by atoms with E-state index in [0.717, 1.165) is 24.5 Å². The molecule has 0 aliphatic carbocycles. The fraction of sp³-hybridized carbons (Fsp3) is 0.524. The van der Waals surface area contributed by atoms with Crippen LogP contribution < -0.4 is 4.90 Å². The third-order valence-corrected chi connectivity index (χ3v) is 5.96. The van der Waals surface area contributed by atoms with Gasteiger partial charge in [0.25, 0.3) is 0 Å². The molecule has 1 aromatic heterocycles. The Kier molecular flexibility index (Phi) is 5.94. The van der Waals surface area contributed by atoms with Crippen LogP contribution in [0.1, 0.15) is 32.0 Å². The van der Waals surface area contributed by atoms with Crippen LogP contribution in [0.4, 0.5) is 5.69 Å². The first-order valence-electron chi connectivity index (χ1n) is 10.4. The summed E-state index contributed by atoms with van der Waals surface area (Å²) in [6.45, 7) is 7.36. The summed E-state index contributed by atoms with van der Waals surface area (Å²) in [7, 11) is 0. The maximum atomic E-state index is 13.1. The van der Waals surface area contributed by atoms with Crippen molar-refractivity contribution in [2.75, 3.05) is 37.6 Å². The SMILES string of the molecule is CC(C)C[C@H]1C(=O)N(CC(=O)N2CCN(c3cccc(Cl)c3)CC2)Cc2cnnn21. The molecule has 0 bridgehead atoms. The van der Waals surface area contributed by atoms with Crippen molar-refractivity contribution in [3.05, 3.63) is 41.2 Å². The number of carbonyl (C=O) groups excluding carboxylic acids is 2. The Morgan fingerprint density at radius 2 is 2.00 bits per heavy atom. The lowest BCUT2D eigenvalue weighted by Crippen LogP contribution is -2.53. The highest BCUT2D eigenvalue weighted by atomic mass is 35.5. The van der Waals surface area contributed by atoms with E-state index in [1.807, 2.05) is 29.2 Å². The lowest BCUT2D eigenvalue weighted by Gasteiger charge is -2.38. The van der Waals surface area contributed by atoms with E-state index in [0.29, 0.717) is 37.0 Å². The van der Waals surface area contributed by atoms with Crippen LogP contribution in [0.2, 0.25) is 5.02 Å². The zero-order chi connectivity index (χ0) is 21.3. The van der Waals surface area contributed by atoms with E-state index in [4.69, 9.17) is 11.6 Å². The molecule has 2 aromatic rings. The summed E-state index contributed by atoms with van der Waals surface area (Å²) >= 11 is 6.10. The van der Waals surface area contributed by atoms with Gasteiger partial charge in [0.05, 0.1) is 18.4 Å². The normalized spacial score (nSPS) is 19.4. The smallest absolute Gasteiger partial charge is 0.248 e. The average molecular weight is 431 g/mol. The number of amides is 2. The van der Waals surface area contributed by atoms with Crippen LogP contribution in [0.5, 0.6) is 0 Å². The number of carbonyl (C=O) groups is 2. The van der Waals surface area contributed by atoms with Crippen molar-refractivity contribution in [2.24, 2.45) is 5.92 Å². The van der Waals surface area contributed by atoms with Gasteiger partial charge < -0.3 is 14.7 Å². The Morgan fingerprint density at radius 3 is 2.70 bits per heavy atom. The van der Waals surface area contributed by atoms with E-state index >= 15 is 0 Å². The summed E-state index contributed by atoms with van der Waals surface area (Å²) in [5.74, 6) is 0.275. The predicted octanol–water partition coefficient (Wildman–Crippen LogP) is 2.21. The first-order chi connectivity index (χ1) is 14.4. The maximum Gasteiger partial charge on any atom is 0.248 e. The van der Waals surface area contributed by atoms with Gasteiger partial charge >= 0.3 is 0 Å². The number of hydrogen-bond donors (Lipinski definition) is 0. The van der Waals surface area contributed by atoms with Gasteiger partial charge in [-0.1, -0.05) is 36.7 Å². The fourth-order valence-electron chi connectivity index (χ4n) is 4.16. The third-order valence-electron chi connectivity index (χ3n) is 5.72. The minimum atomic E-state index is -0.385. The average Bonchev–Trinajstić information content (AvgIpc) is 3.19. The second-order valence-electron chi connectivity index (χ2n) is 8.36. The molecular formula is C21H27ClN6O2. The molecule has 4 rings (SSSR count). The number of benzene rings is 1. The van der Waals surface area contributed by atoms with Gasteiger partial charge in [0.1, 0.15) is 12.6 Å². The Hall–Kier alpha value is -2.61. The second kappa shape index (κ2) is 8.63. The van der Waals surface area contributed by atoms with Crippen molar-refractivity contribution < 1.29 is 9.59 Å². The zero-order valence-electron chi connectivity index (χ0n) is 17.4. The second-order valence-corrected chi connectivity index (χ2v) is 8.79. The van der Waals surface area contributed by atoms with Crippen LogP contribution >= 0.6 is 11.6 Å². The number of fused-ring (bicyclic) bond motifs is 1. The van der Waals surface area contributed by atoms with Gasteiger partial charge in [-0.05, 0) is 30.5 Å². The molecule has 1 fully saturated rings. The van der Waals surface area contributed by atoms with Crippen LogP contribution in [-0.4, -0.2) is 69.3 Å². The monoisotopic (exact) mass is 430 g/mol.